The molecule has 0 saturated heterocycles. The second-order valence-electron chi connectivity index (χ2n) is 6.70. The summed E-state index contributed by atoms with van der Waals surface area (Å²) in [6.07, 6.45) is 8.67. The zero-order chi connectivity index (χ0) is 16.8. The van der Waals surface area contributed by atoms with E-state index in [0.29, 0.717) is 11.5 Å². The van der Waals surface area contributed by atoms with E-state index in [1.807, 2.05) is 12.1 Å². The number of amides is 1. The Balaban J connectivity index is 1.47. The van der Waals surface area contributed by atoms with Gasteiger partial charge in [0.2, 0.25) is 0 Å². The van der Waals surface area contributed by atoms with Gasteiger partial charge >= 0.3 is 0 Å². The van der Waals surface area contributed by atoms with Gasteiger partial charge in [-0.05, 0) is 49.7 Å². The molecule has 2 atom stereocenters. The summed E-state index contributed by atoms with van der Waals surface area (Å²) >= 11 is 0. The molecular weight excluding hydrogens is 304 g/mol. The van der Waals surface area contributed by atoms with Gasteiger partial charge in [0.1, 0.15) is 0 Å². The Hall–Kier alpha value is -2.04. The molecule has 1 aromatic carbocycles. The van der Waals surface area contributed by atoms with Crippen molar-refractivity contribution >= 4 is 11.6 Å². The zero-order valence-corrected chi connectivity index (χ0v) is 14.3. The minimum absolute atomic E-state index is 0.0663. The normalized spacial score (nSPS) is 25.0. The number of benzene rings is 1. The van der Waals surface area contributed by atoms with Crippen LogP contribution in [0.5, 0.6) is 11.5 Å². The predicted octanol–water partition coefficient (Wildman–Crippen LogP) is 3.54. The third kappa shape index (κ3) is 4.28. The van der Waals surface area contributed by atoms with Crippen LogP contribution in [0, 0.1) is 11.8 Å². The van der Waals surface area contributed by atoms with E-state index in [2.05, 4.69) is 10.5 Å². The van der Waals surface area contributed by atoms with Crippen molar-refractivity contribution in [3.63, 3.8) is 0 Å². The Morgan fingerprint density at radius 3 is 2.71 bits per heavy atom. The molecule has 24 heavy (non-hydrogen) atoms. The highest BCUT2D eigenvalue weighted by atomic mass is 16.5. The van der Waals surface area contributed by atoms with E-state index in [1.54, 1.807) is 19.2 Å². The van der Waals surface area contributed by atoms with E-state index in [4.69, 9.17) is 9.47 Å². The zero-order valence-electron chi connectivity index (χ0n) is 14.3. The van der Waals surface area contributed by atoms with E-state index in [0.717, 1.165) is 30.4 Å². The van der Waals surface area contributed by atoms with Crippen molar-refractivity contribution in [2.45, 2.75) is 44.9 Å². The van der Waals surface area contributed by atoms with Crippen molar-refractivity contribution in [2.24, 2.45) is 16.9 Å². The summed E-state index contributed by atoms with van der Waals surface area (Å²) in [5.74, 6) is 2.59. The molecule has 2 fully saturated rings. The summed E-state index contributed by atoms with van der Waals surface area (Å²) in [5, 5.41) is 4.33. The number of rotatable bonds is 5. The third-order valence-electron chi connectivity index (χ3n) is 5.13. The highest BCUT2D eigenvalue weighted by molar-refractivity contribution is 5.87. The Morgan fingerprint density at radius 2 is 1.92 bits per heavy atom. The highest BCUT2D eigenvalue weighted by Crippen LogP contribution is 2.39. The van der Waals surface area contributed by atoms with Crippen LogP contribution in [0.25, 0.3) is 0 Å². The van der Waals surface area contributed by atoms with E-state index >= 15 is 0 Å². The van der Waals surface area contributed by atoms with Gasteiger partial charge in [-0.25, -0.2) is 5.43 Å². The molecule has 2 saturated carbocycles. The molecule has 1 aromatic rings. The van der Waals surface area contributed by atoms with E-state index in [1.165, 1.54) is 32.1 Å². The molecule has 0 bridgehead atoms. The molecule has 5 heteroatoms. The number of nitrogens with one attached hydrogen (secondary N) is 1. The van der Waals surface area contributed by atoms with Crippen molar-refractivity contribution in [3.8, 4) is 11.5 Å². The first-order chi connectivity index (χ1) is 11.8. The first kappa shape index (κ1) is 16.8. The van der Waals surface area contributed by atoms with E-state index in [-0.39, 0.29) is 12.5 Å². The monoisotopic (exact) mass is 330 g/mol. The second-order valence-corrected chi connectivity index (χ2v) is 6.70. The topological polar surface area (TPSA) is 59.9 Å². The van der Waals surface area contributed by atoms with Gasteiger partial charge in [-0.2, -0.15) is 5.10 Å². The number of fused-ring (bicyclic) bond motifs is 1. The SMILES string of the molecule is COc1ccccc1OCC(=O)N/N=C1/CC[C@H]2CCCC[C@@H]2C1. The summed E-state index contributed by atoms with van der Waals surface area (Å²) < 4.78 is 10.7. The van der Waals surface area contributed by atoms with E-state index < -0.39 is 0 Å². The Kier molecular flexibility index (Phi) is 5.72. The molecule has 1 N–H and O–H groups in total. The predicted molar refractivity (Wildman–Crippen MR) is 93.4 cm³/mol. The third-order valence-corrected chi connectivity index (χ3v) is 5.13. The summed E-state index contributed by atoms with van der Waals surface area (Å²) in [7, 11) is 1.58. The molecule has 0 unspecified atom stereocenters. The second kappa shape index (κ2) is 8.18. The van der Waals surface area contributed by atoms with Crippen LogP contribution in [0.1, 0.15) is 44.9 Å². The van der Waals surface area contributed by atoms with Gasteiger partial charge in [-0.1, -0.05) is 31.4 Å². The molecule has 0 heterocycles. The molecule has 0 spiro atoms. The highest BCUT2D eigenvalue weighted by Gasteiger charge is 2.30. The fourth-order valence-electron chi connectivity index (χ4n) is 3.85. The van der Waals surface area contributed by atoms with Crippen LogP contribution in [0.4, 0.5) is 0 Å². The van der Waals surface area contributed by atoms with Gasteiger partial charge < -0.3 is 9.47 Å². The van der Waals surface area contributed by atoms with Crippen molar-refractivity contribution in [2.75, 3.05) is 13.7 Å². The molecule has 3 rings (SSSR count). The van der Waals surface area contributed by atoms with Crippen LogP contribution >= 0.6 is 0 Å². The number of hydrogen-bond acceptors (Lipinski definition) is 4. The standard InChI is InChI=1S/C19H26N2O3/c1-23-17-8-4-5-9-18(17)24-13-19(22)21-20-16-11-10-14-6-2-3-7-15(14)12-16/h4-5,8-9,14-15H,2-3,6-7,10-13H2,1H3,(H,21,22)/b20-16-/t14-,15-/m1/s1. The molecule has 5 nitrogen and oxygen atoms in total. The van der Waals surface area contributed by atoms with Gasteiger partial charge in [0.25, 0.3) is 5.91 Å². The summed E-state index contributed by atoms with van der Waals surface area (Å²) in [6.45, 7) is -0.0663. The summed E-state index contributed by atoms with van der Waals surface area (Å²) in [6, 6.07) is 7.29. The van der Waals surface area contributed by atoms with Gasteiger partial charge in [-0.15, -0.1) is 0 Å². The van der Waals surface area contributed by atoms with Gasteiger partial charge in [0, 0.05) is 5.71 Å². The van der Waals surface area contributed by atoms with Gasteiger partial charge in [0.15, 0.2) is 18.1 Å². The lowest BCUT2D eigenvalue weighted by atomic mass is 9.70. The minimum Gasteiger partial charge on any atom is -0.493 e. The van der Waals surface area contributed by atoms with Crippen LogP contribution < -0.4 is 14.9 Å². The van der Waals surface area contributed by atoms with Crippen molar-refractivity contribution in [1.29, 1.82) is 0 Å². The number of methoxy groups -OCH3 is 1. The smallest absolute Gasteiger partial charge is 0.277 e. The maximum atomic E-state index is 12.0. The van der Waals surface area contributed by atoms with Crippen LogP contribution in [0.15, 0.2) is 29.4 Å². The fourth-order valence-corrected chi connectivity index (χ4v) is 3.85. The van der Waals surface area contributed by atoms with Crippen molar-refractivity contribution in [1.82, 2.24) is 5.43 Å². The van der Waals surface area contributed by atoms with Crippen LogP contribution in [0.2, 0.25) is 0 Å². The number of para-hydroxylation sites is 2. The maximum Gasteiger partial charge on any atom is 0.277 e. The minimum atomic E-state index is -0.237. The van der Waals surface area contributed by atoms with Crippen molar-refractivity contribution < 1.29 is 14.3 Å². The maximum absolute atomic E-state index is 12.0. The number of hydrogen-bond donors (Lipinski definition) is 1. The molecule has 0 aliphatic heterocycles. The number of hydrazone groups is 1. The first-order valence-corrected chi connectivity index (χ1v) is 8.86. The first-order valence-electron chi connectivity index (χ1n) is 8.86. The molecular formula is C19H26N2O3. The average molecular weight is 330 g/mol. The number of carbonyl (C=O) groups excluding carboxylic acids is 1. The molecule has 2 aliphatic carbocycles. The lowest BCUT2D eigenvalue weighted by Crippen LogP contribution is -2.31. The largest absolute Gasteiger partial charge is 0.493 e. The molecule has 1 amide bonds. The molecule has 0 radical (unpaired) electrons. The van der Waals surface area contributed by atoms with Crippen LogP contribution in [-0.4, -0.2) is 25.3 Å². The molecule has 130 valence electrons. The Bertz CT molecular complexity index is 600. The summed E-state index contributed by atoms with van der Waals surface area (Å²) in [5.41, 5.74) is 3.77. The lowest BCUT2D eigenvalue weighted by Gasteiger charge is -2.35. The molecule has 0 aromatic heterocycles. The quantitative estimate of drug-likeness (QED) is 0.840. The van der Waals surface area contributed by atoms with Gasteiger partial charge in [-0.3, -0.25) is 4.79 Å². The van der Waals surface area contributed by atoms with E-state index in [9.17, 15) is 4.79 Å². The average Bonchev–Trinajstić information content (AvgIpc) is 2.64. The lowest BCUT2D eigenvalue weighted by molar-refractivity contribution is -0.123. The summed E-state index contributed by atoms with van der Waals surface area (Å²) in [4.78, 5) is 12.0. The number of ether oxygens (including phenoxy) is 2. The van der Waals surface area contributed by atoms with Crippen molar-refractivity contribution in [3.05, 3.63) is 24.3 Å². The molecule has 2 aliphatic rings. The van der Waals surface area contributed by atoms with Gasteiger partial charge in [0.05, 0.1) is 7.11 Å². The fraction of sp³-hybridized carbons (Fsp3) is 0.579. The number of carbonyl (C=O) groups is 1. The van der Waals surface area contributed by atoms with Crippen LogP contribution in [-0.2, 0) is 4.79 Å². The Morgan fingerprint density at radius 1 is 1.17 bits per heavy atom. The van der Waals surface area contributed by atoms with Crippen LogP contribution in [0.3, 0.4) is 0 Å². The Labute approximate surface area is 143 Å². The number of nitrogens with zero attached hydrogens (tertiary/aromatic N) is 1.